The zero-order valence-corrected chi connectivity index (χ0v) is 18.5. The van der Waals surface area contributed by atoms with E-state index in [1.54, 1.807) is 16.9 Å². The molecule has 2 bridgehead atoms. The summed E-state index contributed by atoms with van der Waals surface area (Å²) < 4.78 is 2.00. The van der Waals surface area contributed by atoms with Crippen molar-refractivity contribution >= 4 is 17.2 Å². The summed E-state index contributed by atoms with van der Waals surface area (Å²) in [7, 11) is 0. The Bertz CT molecular complexity index is 978. The summed E-state index contributed by atoms with van der Waals surface area (Å²) in [5, 5.41) is 0.881. The highest BCUT2D eigenvalue weighted by Gasteiger charge is 2.47. The Labute approximate surface area is 182 Å². The van der Waals surface area contributed by atoms with E-state index in [1.807, 2.05) is 36.0 Å². The van der Waals surface area contributed by atoms with Gasteiger partial charge in [0.15, 0.2) is 5.13 Å². The molecule has 0 unspecified atom stereocenters. The van der Waals surface area contributed by atoms with Crippen molar-refractivity contribution in [1.29, 1.82) is 0 Å². The number of piperidine rings is 3. The SMILES string of the molecule is Cc1sc(-n2cccc2)nc1C(=O)N1CCCC2=C[C@H]3C[C@H](CN4CCCC[C@@H]34)[C@H]21. The fourth-order valence-corrected chi connectivity index (χ4v) is 7.36. The molecule has 4 atom stereocenters. The number of carbonyl (C=O) groups is 1. The van der Waals surface area contributed by atoms with Gasteiger partial charge in [-0.15, -0.1) is 11.3 Å². The first-order valence-electron chi connectivity index (χ1n) is 11.6. The molecule has 0 radical (unpaired) electrons. The molecule has 3 aliphatic heterocycles. The summed E-state index contributed by atoms with van der Waals surface area (Å²) >= 11 is 1.61. The summed E-state index contributed by atoms with van der Waals surface area (Å²) in [5.41, 5.74) is 2.19. The van der Waals surface area contributed by atoms with Crippen molar-refractivity contribution in [3.8, 4) is 5.13 Å². The number of aromatic nitrogens is 2. The summed E-state index contributed by atoms with van der Waals surface area (Å²) in [6.07, 6.45) is 14.1. The standard InChI is InChI=1S/C24H30N4OS/c1-16-21(25-24(30-16)26-9-4-5-10-26)23(29)28-12-6-7-17-13-18-14-19(22(17)28)15-27-11-3-2-8-20(18)27/h4-5,9-10,13,18-20,22H,2-3,6-8,11-12,14-15H2,1H3/t18-,19+,20-,22-/m0/s1. The molecule has 5 heterocycles. The second-order valence-corrected chi connectivity index (χ2v) is 10.7. The van der Waals surface area contributed by atoms with E-state index in [4.69, 9.17) is 4.98 Å². The molecule has 1 aliphatic carbocycles. The minimum atomic E-state index is 0.136. The Morgan fingerprint density at radius 1 is 1.17 bits per heavy atom. The van der Waals surface area contributed by atoms with Crippen LogP contribution in [0, 0.1) is 18.8 Å². The van der Waals surface area contributed by atoms with Crippen molar-refractivity contribution in [1.82, 2.24) is 19.4 Å². The summed E-state index contributed by atoms with van der Waals surface area (Å²) in [6, 6.07) is 5.02. The quantitative estimate of drug-likeness (QED) is 0.679. The van der Waals surface area contributed by atoms with Crippen LogP contribution in [0.15, 0.2) is 36.2 Å². The van der Waals surface area contributed by atoms with Crippen LogP contribution in [0.2, 0.25) is 0 Å². The molecule has 2 aromatic rings. The topological polar surface area (TPSA) is 41.4 Å². The van der Waals surface area contributed by atoms with E-state index in [0.29, 0.717) is 17.5 Å². The molecule has 6 rings (SSSR count). The van der Waals surface area contributed by atoms with Crippen LogP contribution in [-0.2, 0) is 0 Å². The minimum absolute atomic E-state index is 0.136. The molecular weight excluding hydrogens is 392 g/mol. The maximum atomic E-state index is 13.7. The Morgan fingerprint density at radius 3 is 2.90 bits per heavy atom. The number of fused-ring (bicyclic) bond motifs is 6. The Morgan fingerprint density at radius 2 is 2.03 bits per heavy atom. The van der Waals surface area contributed by atoms with Gasteiger partial charge in [-0.05, 0) is 69.5 Å². The van der Waals surface area contributed by atoms with E-state index in [0.717, 1.165) is 35.6 Å². The molecule has 0 saturated carbocycles. The second-order valence-electron chi connectivity index (χ2n) is 9.50. The van der Waals surface area contributed by atoms with Crippen LogP contribution in [0.25, 0.3) is 5.13 Å². The number of carbonyl (C=O) groups excluding carboxylic acids is 1. The number of hydrogen-bond donors (Lipinski definition) is 0. The Kier molecular flexibility index (Phi) is 4.61. The number of nitrogens with zero attached hydrogens (tertiary/aromatic N) is 4. The van der Waals surface area contributed by atoms with Gasteiger partial charge in [0, 0.05) is 36.4 Å². The van der Waals surface area contributed by atoms with Crippen LogP contribution >= 0.6 is 11.3 Å². The molecule has 5 nitrogen and oxygen atoms in total. The number of likely N-dealkylation sites (tertiary alicyclic amines) is 1. The molecule has 3 saturated heterocycles. The molecule has 0 aromatic carbocycles. The van der Waals surface area contributed by atoms with E-state index in [9.17, 15) is 4.79 Å². The number of rotatable bonds is 2. The van der Waals surface area contributed by atoms with E-state index in [-0.39, 0.29) is 11.9 Å². The number of amides is 1. The predicted octanol–water partition coefficient (Wildman–Crippen LogP) is 4.28. The van der Waals surface area contributed by atoms with Gasteiger partial charge in [-0.3, -0.25) is 9.69 Å². The van der Waals surface area contributed by atoms with Gasteiger partial charge in [-0.1, -0.05) is 18.1 Å². The first-order chi connectivity index (χ1) is 14.7. The van der Waals surface area contributed by atoms with Crippen LogP contribution in [-0.4, -0.2) is 57.0 Å². The first kappa shape index (κ1) is 18.8. The fourth-order valence-electron chi connectivity index (χ4n) is 6.49. The number of hydrogen-bond acceptors (Lipinski definition) is 4. The molecule has 0 N–H and O–H groups in total. The Balaban J connectivity index is 1.31. The van der Waals surface area contributed by atoms with Crippen LogP contribution in [0.5, 0.6) is 0 Å². The van der Waals surface area contributed by atoms with Gasteiger partial charge in [0.1, 0.15) is 5.69 Å². The lowest BCUT2D eigenvalue weighted by atomic mass is 9.68. The molecular formula is C24H30N4OS. The second kappa shape index (κ2) is 7.34. The summed E-state index contributed by atoms with van der Waals surface area (Å²) in [4.78, 5) is 24.4. The third-order valence-electron chi connectivity index (χ3n) is 7.73. The van der Waals surface area contributed by atoms with Gasteiger partial charge in [0.25, 0.3) is 5.91 Å². The maximum Gasteiger partial charge on any atom is 0.274 e. The lowest BCUT2D eigenvalue weighted by molar-refractivity contribution is 0.00131. The van der Waals surface area contributed by atoms with E-state index in [2.05, 4.69) is 15.9 Å². The average Bonchev–Trinajstić information content (AvgIpc) is 3.43. The molecule has 3 fully saturated rings. The molecule has 30 heavy (non-hydrogen) atoms. The van der Waals surface area contributed by atoms with Gasteiger partial charge < -0.3 is 9.47 Å². The van der Waals surface area contributed by atoms with Crippen molar-refractivity contribution in [2.45, 2.75) is 57.5 Å². The lowest BCUT2D eigenvalue weighted by Gasteiger charge is -2.54. The van der Waals surface area contributed by atoms with Crippen molar-refractivity contribution in [2.24, 2.45) is 11.8 Å². The van der Waals surface area contributed by atoms with Gasteiger partial charge in [-0.2, -0.15) is 0 Å². The molecule has 0 spiro atoms. The highest BCUT2D eigenvalue weighted by molar-refractivity contribution is 7.14. The van der Waals surface area contributed by atoms with Crippen molar-refractivity contribution in [2.75, 3.05) is 19.6 Å². The zero-order valence-electron chi connectivity index (χ0n) is 17.7. The van der Waals surface area contributed by atoms with Crippen LogP contribution < -0.4 is 0 Å². The maximum absolute atomic E-state index is 13.7. The molecule has 158 valence electrons. The third-order valence-corrected chi connectivity index (χ3v) is 8.72. The largest absolute Gasteiger partial charge is 0.330 e. The number of thiazole rings is 1. The lowest BCUT2D eigenvalue weighted by Crippen LogP contribution is -2.60. The molecule has 6 heteroatoms. The first-order valence-corrected chi connectivity index (χ1v) is 12.4. The summed E-state index contributed by atoms with van der Waals surface area (Å²) in [6.45, 7) is 5.31. The smallest absolute Gasteiger partial charge is 0.274 e. The highest BCUT2D eigenvalue weighted by Crippen LogP contribution is 2.45. The normalized spacial score (nSPS) is 31.1. The van der Waals surface area contributed by atoms with Gasteiger partial charge >= 0.3 is 0 Å². The van der Waals surface area contributed by atoms with Crippen LogP contribution in [0.3, 0.4) is 0 Å². The van der Waals surface area contributed by atoms with E-state index in [1.165, 1.54) is 38.6 Å². The summed E-state index contributed by atoms with van der Waals surface area (Å²) in [5.74, 6) is 1.42. The predicted molar refractivity (Wildman–Crippen MR) is 119 cm³/mol. The average molecular weight is 423 g/mol. The molecule has 4 aliphatic rings. The van der Waals surface area contributed by atoms with Gasteiger partial charge in [-0.25, -0.2) is 4.98 Å². The van der Waals surface area contributed by atoms with E-state index < -0.39 is 0 Å². The van der Waals surface area contributed by atoms with Gasteiger partial charge in [0.05, 0.1) is 6.04 Å². The minimum Gasteiger partial charge on any atom is -0.330 e. The van der Waals surface area contributed by atoms with Gasteiger partial charge in [0.2, 0.25) is 0 Å². The molecule has 2 aromatic heterocycles. The van der Waals surface area contributed by atoms with Crippen LogP contribution in [0.4, 0.5) is 0 Å². The third kappa shape index (κ3) is 2.99. The number of aryl methyl sites for hydroxylation is 1. The monoisotopic (exact) mass is 422 g/mol. The Hall–Kier alpha value is -1.92. The molecule has 1 amide bonds. The fraction of sp³-hybridized carbons (Fsp3) is 0.583. The van der Waals surface area contributed by atoms with E-state index >= 15 is 0 Å². The van der Waals surface area contributed by atoms with Crippen molar-refractivity contribution in [3.63, 3.8) is 0 Å². The highest BCUT2D eigenvalue weighted by atomic mass is 32.1. The zero-order chi connectivity index (χ0) is 20.2. The van der Waals surface area contributed by atoms with Crippen molar-refractivity contribution in [3.05, 3.63) is 46.7 Å². The van der Waals surface area contributed by atoms with Crippen LogP contribution in [0.1, 0.15) is 53.9 Å². The van der Waals surface area contributed by atoms with Crippen molar-refractivity contribution < 1.29 is 4.79 Å².